The summed E-state index contributed by atoms with van der Waals surface area (Å²) in [4.78, 5) is 29.0. The zero-order valence-electron chi connectivity index (χ0n) is 16.2. The summed E-state index contributed by atoms with van der Waals surface area (Å²) in [5, 5.41) is 3.18. The van der Waals surface area contributed by atoms with E-state index in [-0.39, 0.29) is 11.8 Å². The third kappa shape index (κ3) is 3.96. The van der Waals surface area contributed by atoms with Crippen LogP contribution in [0.1, 0.15) is 11.1 Å². The number of para-hydroxylation sites is 1. The number of nitrogens with zero attached hydrogens (tertiary/aromatic N) is 1. The van der Waals surface area contributed by atoms with Gasteiger partial charge in [-0.25, -0.2) is 4.90 Å². The number of thioether (sulfide) groups is 1. The molecule has 0 aliphatic carbocycles. The highest BCUT2D eigenvalue weighted by atomic mass is 32.2. The zero-order valence-corrected chi connectivity index (χ0v) is 17.0. The van der Waals surface area contributed by atoms with E-state index in [1.165, 1.54) is 16.7 Å². The normalized spacial score (nSPS) is 13.9. The summed E-state index contributed by atoms with van der Waals surface area (Å²) >= 11 is 1.31. The number of imide groups is 1. The Hall–Kier alpha value is -3.31. The highest BCUT2D eigenvalue weighted by molar-refractivity contribution is 8.04. The van der Waals surface area contributed by atoms with Gasteiger partial charge in [0, 0.05) is 10.6 Å². The second kappa shape index (κ2) is 7.97. The first-order valence-electron chi connectivity index (χ1n) is 9.29. The minimum absolute atomic E-state index is 0.299. The third-order valence-corrected chi connectivity index (χ3v) is 5.71. The van der Waals surface area contributed by atoms with Crippen molar-refractivity contribution in [2.24, 2.45) is 0 Å². The highest BCUT2D eigenvalue weighted by Gasteiger charge is 2.40. The predicted molar refractivity (Wildman–Crippen MR) is 118 cm³/mol. The van der Waals surface area contributed by atoms with Gasteiger partial charge in [0.15, 0.2) is 0 Å². The van der Waals surface area contributed by atoms with Crippen LogP contribution in [0.3, 0.4) is 0 Å². The Morgan fingerprint density at radius 1 is 0.724 bits per heavy atom. The van der Waals surface area contributed by atoms with Crippen LogP contribution in [-0.4, -0.2) is 11.8 Å². The van der Waals surface area contributed by atoms with Gasteiger partial charge in [0.25, 0.3) is 11.8 Å². The number of aryl methyl sites for hydroxylation is 2. The van der Waals surface area contributed by atoms with Crippen LogP contribution in [0.25, 0.3) is 0 Å². The van der Waals surface area contributed by atoms with Crippen molar-refractivity contribution in [1.29, 1.82) is 0 Å². The maximum atomic E-state index is 13.2. The van der Waals surface area contributed by atoms with Crippen LogP contribution in [0.2, 0.25) is 0 Å². The molecule has 1 N–H and O–H groups in total. The molecule has 0 fully saturated rings. The standard InChI is InChI=1S/C24H20N2O2S/c1-16-8-12-18(13-9-16)25-21-22(29-20-14-10-17(2)11-15-20)24(28)26(23(21)27)19-6-4-3-5-7-19/h3-15,25H,1-2H3. The number of carbonyl (C=O) groups is 2. The van der Waals surface area contributed by atoms with Gasteiger partial charge < -0.3 is 5.32 Å². The Kier molecular flexibility index (Phi) is 5.23. The van der Waals surface area contributed by atoms with E-state index >= 15 is 0 Å². The lowest BCUT2D eigenvalue weighted by atomic mass is 10.2. The molecular formula is C24H20N2O2S. The van der Waals surface area contributed by atoms with Gasteiger partial charge >= 0.3 is 0 Å². The Morgan fingerprint density at radius 3 is 1.93 bits per heavy atom. The highest BCUT2D eigenvalue weighted by Crippen LogP contribution is 2.37. The molecule has 2 amide bonds. The first-order chi connectivity index (χ1) is 14.0. The van der Waals surface area contributed by atoms with Crippen LogP contribution >= 0.6 is 11.8 Å². The number of hydrogen-bond acceptors (Lipinski definition) is 4. The number of rotatable bonds is 5. The summed E-state index contributed by atoms with van der Waals surface area (Å²) in [6.45, 7) is 4.02. The number of hydrogen-bond donors (Lipinski definition) is 1. The van der Waals surface area contributed by atoms with Crippen LogP contribution in [0, 0.1) is 13.8 Å². The van der Waals surface area contributed by atoms with Crippen molar-refractivity contribution in [2.75, 3.05) is 10.2 Å². The molecule has 1 aliphatic heterocycles. The summed E-state index contributed by atoms with van der Waals surface area (Å²) in [6.07, 6.45) is 0. The first kappa shape index (κ1) is 19.0. The SMILES string of the molecule is Cc1ccc(NC2=C(Sc3ccc(C)cc3)C(=O)N(c3ccccc3)C2=O)cc1. The maximum absolute atomic E-state index is 13.2. The lowest BCUT2D eigenvalue weighted by Crippen LogP contribution is -2.32. The van der Waals surface area contributed by atoms with Crippen LogP contribution in [0.15, 0.2) is 94.4 Å². The number of carbonyl (C=O) groups excluding carboxylic acids is 2. The van der Waals surface area contributed by atoms with Crippen LogP contribution in [-0.2, 0) is 9.59 Å². The van der Waals surface area contributed by atoms with E-state index in [9.17, 15) is 9.59 Å². The Morgan fingerprint density at radius 2 is 1.31 bits per heavy atom. The summed E-state index contributed by atoms with van der Waals surface area (Å²) in [7, 11) is 0. The van der Waals surface area contributed by atoms with Gasteiger partial charge in [0.1, 0.15) is 10.6 Å². The van der Waals surface area contributed by atoms with Gasteiger partial charge in [-0.15, -0.1) is 0 Å². The molecule has 0 atom stereocenters. The fourth-order valence-electron chi connectivity index (χ4n) is 3.03. The van der Waals surface area contributed by atoms with Crippen molar-refractivity contribution < 1.29 is 9.59 Å². The molecule has 4 nitrogen and oxygen atoms in total. The molecular weight excluding hydrogens is 380 g/mol. The fraction of sp³-hybridized carbons (Fsp3) is 0.0833. The van der Waals surface area contributed by atoms with Crippen molar-refractivity contribution in [3.05, 3.63) is 101 Å². The Labute approximate surface area is 174 Å². The zero-order chi connectivity index (χ0) is 20.4. The topological polar surface area (TPSA) is 49.4 Å². The summed E-state index contributed by atoms with van der Waals surface area (Å²) in [5.41, 5.74) is 3.89. The number of benzene rings is 3. The van der Waals surface area contributed by atoms with E-state index in [1.54, 1.807) is 12.1 Å². The van der Waals surface area contributed by atoms with E-state index in [4.69, 9.17) is 0 Å². The van der Waals surface area contributed by atoms with E-state index < -0.39 is 0 Å². The molecule has 0 aromatic heterocycles. The first-order valence-corrected chi connectivity index (χ1v) is 10.1. The second-order valence-corrected chi connectivity index (χ2v) is 7.98. The molecule has 29 heavy (non-hydrogen) atoms. The van der Waals surface area contributed by atoms with Gasteiger partial charge in [0.2, 0.25) is 0 Å². The van der Waals surface area contributed by atoms with E-state index in [0.717, 1.165) is 21.7 Å². The van der Waals surface area contributed by atoms with Crippen molar-refractivity contribution in [1.82, 2.24) is 0 Å². The quantitative estimate of drug-likeness (QED) is 0.591. The van der Waals surface area contributed by atoms with Crippen molar-refractivity contribution in [3.8, 4) is 0 Å². The van der Waals surface area contributed by atoms with Gasteiger partial charge in [-0.1, -0.05) is 65.4 Å². The lowest BCUT2D eigenvalue weighted by Gasteiger charge is -2.15. The molecule has 4 rings (SSSR count). The average molecular weight is 401 g/mol. The molecule has 0 saturated heterocycles. The smallest absolute Gasteiger partial charge is 0.283 e. The van der Waals surface area contributed by atoms with E-state index in [0.29, 0.717) is 16.3 Å². The van der Waals surface area contributed by atoms with Crippen LogP contribution < -0.4 is 10.2 Å². The molecule has 0 saturated carbocycles. The molecule has 3 aromatic carbocycles. The minimum Gasteiger partial charge on any atom is -0.350 e. The lowest BCUT2D eigenvalue weighted by molar-refractivity contribution is -0.120. The largest absolute Gasteiger partial charge is 0.350 e. The molecule has 1 aliphatic rings. The molecule has 144 valence electrons. The van der Waals surface area contributed by atoms with Gasteiger partial charge in [-0.3, -0.25) is 9.59 Å². The van der Waals surface area contributed by atoms with Gasteiger partial charge in [-0.05, 0) is 50.2 Å². The Bertz CT molecular complexity index is 1020. The maximum Gasteiger partial charge on any atom is 0.283 e. The van der Waals surface area contributed by atoms with Crippen LogP contribution in [0.5, 0.6) is 0 Å². The summed E-state index contributed by atoms with van der Waals surface area (Å²) in [6, 6.07) is 24.6. The van der Waals surface area contributed by atoms with Gasteiger partial charge in [0.05, 0.1) is 5.69 Å². The van der Waals surface area contributed by atoms with Crippen molar-refractivity contribution >= 4 is 35.0 Å². The molecule has 0 bridgehead atoms. The second-order valence-electron chi connectivity index (χ2n) is 6.89. The van der Waals surface area contributed by atoms with E-state index in [1.807, 2.05) is 80.6 Å². The van der Waals surface area contributed by atoms with Crippen molar-refractivity contribution in [3.63, 3.8) is 0 Å². The Balaban J connectivity index is 1.73. The number of nitrogens with one attached hydrogen (secondary N) is 1. The monoisotopic (exact) mass is 400 g/mol. The molecule has 0 spiro atoms. The fourth-order valence-corrected chi connectivity index (χ4v) is 3.96. The molecule has 3 aromatic rings. The van der Waals surface area contributed by atoms with E-state index in [2.05, 4.69) is 5.32 Å². The summed E-state index contributed by atoms with van der Waals surface area (Å²) in [5.74, 6) is -0.669. The van der Waals surface area contributed by atoms with Crippen molar-refractivity contribution in [2.45, 2.75) is 18.7 Å². The molecule has 0 unspecified atom stereocenters. The third-order valence-electron chi connectivity index (χ3n) is 4.62. The molecule has 1 heterocycles. The minimum atomic E-state index is -0.351. The predicted octanol–water partition coefficient (Wildman–Crippen LogP) is 5.29. The molecule has 0 radical (unpaired) electrons. The number of anilines is 2. The van der Waals surface area contributed by atoms with Crippen LogP contribution in [0.4, 0.5) is 11.4 Å². The number of amides is 2. The summed E-state index contributed by atoms with van der Waals surface area (Å²) < 4.78 is 0. The average Bonchev–Trinajstić information content (AvgIpc) is 2.96. The van der Waals surface area contributed by atoms with Gasteiger partial charge in [-0.2, -0.15) is 0 Å². The molecule has 5 heteroatoms.